The highest BCUT2D eigenvalue weighted by Crippen LogP contribution is 2.35. The van der Waals surface area contributed by atoms with Crippen LogP contribution in [0.4, 0.5) is 20.2 Å². The van der Waals surface area contributed by atoms with Gasteiger partial charge in [0.25, 0.3) is 0 Å². The number of piperazine rings is 1. The van der Waals surface area contributed by atoms with Crippen LogP contribution in [0.25, 0.3) is 10.9 Å². The van der Waals surface area contributed by atoms with Gasteiger partial charge < -0.3 is 24.4 Å². The third kappa shape index (κ3) is 6.46. The summed E-state index contributed by atoms with van der Waals surface area (Å²) in [4.78, 5) is 34.1. The van der Waals surface area contributed by atoms with Crippen molar-refractivity contribution in [1.29, 1.82) is 0 Å². The van der Waals surface area contributed by atoms with Crippen LogP contribution in [0.2, 0.25) is 5.02 Å². The predicted molar refractivity (Wildman–Crippen MR) is 157 cm³/mol. The van der Waals surface area contributed by atoms with Crippen molar-refractivity contribution in [1.82, 2.24) is 9.88 Å². The smallest absolute Gasteiger partial charge is 0.338 e. The van der Waals surface area contributed by atoms with Gasteiger partial charge in [0.05, 0.1) is 28.4 Å². The molecule has 2 heterocycles. The summed E-state index contributed by atoms with van der Waals surface area (Å²) in [5.41, 5.74) is 3.12. The SMILES string of the molecule is CCOC(=O)c1ccc(N2CCN(C(=O)CCN(Cc3ccc(F)cc3)c3c(F)c(Cl)cc4cc[nH]c34)CC2)cc1. The van der Waals surface area contributed by atoms with E-state index in [2.05, 4.69) is 9.88 Å². The number of aromatic amines is 1. The number of fused-ring (bicyclic) bond motifs is 1. The van der Waals surface area contributed by atoms with E-state index in [1.165, 1.54) is 12.1 Å². The highest BCUT2D eigenvalue weighted by molar-refractivity contribution is 6.32. The minimum Gasteiger partial charge on any atom is -0.462 e. The van der Waals surface area contributed by atoms with Crippen molar-refractivity contribution in [2.75, 3.05) is 49.1 Å². The Balaban J connectivity index is 1.25. The maximum Gasteiger partial charge on any atom is 0.338 e. The lowest BCUT2D eigenvalue weighted by Gasteiger charge is -2.36. The number of amides is 1. The van der Waals surface area contributed by atoms with Crippen molar-refractivity contribution in [2.24, 2.45) is 0 Å². The molecular formula is C31H31ClF2N4O3. The van der Waals surface area contributed by atoms with Crippen molar-refractivity contribution in [3.8, 4) is 0 Å². The molecule has 0 spiro atoms. The third-order valence-electron chi connectivity index (χ3n) is 7.29. The van der Waals surface area contributed by atoms with Crippen molar-refractivity contribution < 1.29 is 23.1 Å². The number of halogens is 3. The van der Waals surface area contributed by atoms with E-state index in [1.54, 1.807) is 48.4 Å². The molecule has 0 bridgehead atoms. The van der Waals surface area contributed by atoms with E-state index in [9.17, 15) is 14.0 Å². The Morgan fingerprint density at radius 1 is 1.00 bits per heavy atom. The average Bonchev–Trinajstić information content (AvgIpc) is 3.45. The number of anilines is 2. The lowest BCUT2D eigenvalue weighted by molar-refractivity contribution is -0.131. The van der Waals surface area contributed by atoms with Crippen LogP contribution in [-0.4, -0.2) is 61.1 Å². The summed E-state index contributed by atoms with van der Waals surface area (Å²) < 4.78 is 34.0. The summed E-state index contributed by atoms with van der Waals surface area (Å²) in [7, 11) is 0. The molecule has 1 fully saturated rings. The van der Waals surface area contributed by atoms with Gasteiger partial charge in [-0.1, -0.05) is 23.7 Å². The molecule has 7 nitrogen and oxygen atoms in total. The number of esters is 1. The molecule has 10 heteroatoms. The van der Waals surface area contributed by atoms with E-state index in [-0.39, 0.29) is 47.9 Å². The zero-order chi connectivity index (χ0) is 28.9. The minimum atomic E-state index is -0.571. The molecular weight excluding hydrogens is 550 g/mol. The molecule has 1 aliphatic rings. The third-order valence-corrected chi connectivity index (χ3v) is 7.57. The number of nitrogens with one attached hydrogen (secondary N) is 1. The number of rotatable bonds is 9. The fraction of sp³-hybridized carbons (Fsp3) is 0.290. The van der Waals surface area contributed by atoms with Gasteiger partial charge in [0.15, 0.2) is 5.82 Å². The molecule has 0 saturated carbocycles. The van der Waals surface area contributed by atoms with E-state index < -0.39 is 5.82 Å². The zero-order valence-electron chi connectivity index (χ0n) is 22.7. The normalized spacial score (nSPS) is 13.5. The van der Waals surface area contributed by atoms with Gasteiger partial charge >= 0.3 is 5.97 Å². The number of nitrogens with zero attached hydrogens (tertiary/aromatic N) is 3. The van der Waals surface area contributed by atoms with Crippen LogP contribution in [0.1, 0.15) is 29.3 Å². The number of carbonyl (C=O) groups is 2. The Kier molecular flexibility index (Phi) is 8.73. The van der Waals surface area contributed by atoms with Gasteiger partial charge in [-0.05, 0) is 61.0 Å². The summed E-state index contributed by atoms with van der Waals surface area (Å²) in [5, 5.41) is 0.752. The molecule has 0 aliphatic carbocycles. The van der Waals surface area contributed by atoms with Crippen LogP contribution in [-0.2, 0) is 16.1 Å². The predicted octanol–water partition coefficient (Wildman–Crippen LogP) is 6.02. The molecule has 0 unspecified atom stereocenters. The fourth-order valence-electron chi connectivity index (χ4n) is 5.13. The molecule has 0 atom stereocenters. The quantitative estimate of drug-likeness (QED) is 0.245. The van der Waals surface area contributed by atoms with E-state index in [0.29, 0.717) is 43.9 Å². The van der Waals surface area contributed by atoms with Gasteiger partial charge in [0.1, 0.15) is 5.82 Å². The molecule has 214 valence electrons. The standard InChI is InChI=1S/C31H31ClF2N4O3/c1-2-41-31(40)22-5-9-25(10-6-22)36-15-17-37(18-16-36)27(39)12-14-38(20-21-3-7-24(33)8-4-21)30-28(34)26(32)19-23-11-13-35-29(23)30/h3-11,13,19,35H,2,12,14-18,20H2,1H3. The highest BCUT2D eigenvalue weighted by Gasteiger charge is 2.24. The first kappa shape index (κ1) is 28.4. The lowest BCUT2D eigenvalue weighted by Crippen LogP contribution is -2.49. The number of hydrogen-bond donors (Lipinski definition) is 1. The van der Waals surface area contributed by atoms with Gasteiger partial charge in [0, 0.05) is 63.0 Å². The Labute approximate surface area is 242 Å². The molecule has 5 rings (SSSR count). The number of H-pyrrole nitrogens is 1. The maximum absolute atomic E-state index is 15.4. The second-order valence-corrected chi connectivity index (χ2v) is 10.3. The molecule has 1 aromatic heterocycles. The first-order chi connectivity index (χ1) is 19.8. The van der Waals surface area contributed by atoms with Crippen LogP contribution in [0.15, 0.2) is 66.9 Å². The van der Waals surface area contributed by atoms with Gasteiger partial charge in [-0.15, -0.1) is 0 Å². The topological polar surface area (TPSA) is 68.9 Å². The first-order valence-corrected chi connectivity index (χ1v) is 14.0. The Morgan fingerprint density at radius 3 is 2.39 bits per heavy atom. The van der Waals surface area contributed by atoms with Gasteiger partial charge in [-0.2, -0.15) is 0 Å². The van der Waals surface area contributed by atoms with Crippen LogP contribution in [0.5, 0.6) is 0 Å². The maximum atomic E-state index is 15.4. The van der Waals surface area contributed by atoms with Gasteiger partial charge in [-0.25, -0.2) is 13.6 Å². The molecule has 0 radical (unpaired) electrons. The summed E-state index contributed by atoms with van der Waals surface area (Å²) >= 11 is 6.24. The second-order valence-electron chi connectivity index (χ2n) is 9.90. The monoisotopic (exact) mass is 580 g/mol. The van der Waals surface area contributed by atoms with Gasteiger partial charge in [-0.3, -0.25) is 4.79 Å². The lowest BCUT2D eigenvalue weighted by atomic mass is 10.1. The minimum absolute atomic E-state index is 0.00561. The largest absolute Gasteiger partial charge is 0.462 e. The van der Waals surface area contributed by atoms with Crippen molar-refractivity contribution >= 4 is 45.8 Å². The Hall–Kier alpha value is -4.11. The van der Waals surface area contributed by atoms with Crippen LogP contribution < -0.4 is 9.80 Å². The van der Waals surface area contributed by atoms with Gasteiger partial charge in [0.2, 0.25) is 5.91 Å². The van der Waals surface area contributed by atoms with Crippen molar-refractivity contribution in [3.05, 3.63) is 94.6 Å². The number of benzene rings is 3. The Morgan fingerprint density at radius 2 is 1.71 bits per heavy atom. The van der Waals surface area contributed by atoms with E-state index in [0.717, 1.165) is 16.6 Å². The highest BCUT2D eigenvalue weighted by atomic mass is 35.5. The zero-order valence-corrected chi connectivity index (χ0v) is 23.5. The van der Waals surface area contributed by atoms with E-state index in [4.69, 9.17) is 16.3 Å². The first-order valence-electron chi connectivity index (χ1n) is 13.6. The molecule has 1 saturated heterocycles. The van der Waals surface area contributed by atoms with Crippen LogP contribution in [0.3, 0.4) is 0 Å². The van der Waals surface area contributed by atoms with Crippen molar-refractivity contribution in [3.63, 3.8) is 0 Å². The average molecular weight is 581 g/mol. The van der Waals surface area contributed by atoms with Crippen LogP contribution >= 0.6 is 11.6 Å². The molecule has 4 aromatic rings. The second kappa shape index (κ2) is 12.6. The van der Waals surface area contributed by atoms with Crippen LogP contribution in [0, 0.1) is 11.6 Å². The number of carbonyl (C=O) groups excluding carboxylic acids is 2. The molecule has 1 N–H and O–H groups in total. The Bertz CT molecular complexity index is 1520. The molecule has 3 aromatic carbocycles. The summed E-state index contributed by atoms with van der Waals surface area (Å²) in [5.74, 6) is -1.31. The molecule has 1 amide bonds. The van der Waals surface area contributed by atoms with E-state index in [1.807, 2.05) is 23.1 Å². The summed E-state index contributed by atoms with van der Waals surface area (Å²) in [6.07, 6.45) is 1.89. The molecule has 41 heavy (non-hydrogen) atoms. The summed E-state index contributed by atoms with van der Waals surface area (Å²) in [6.45, 7) is 5.00. The van der Waals surface area contributed by atoms with Crippen molar-refractivity contribution in [2.45, 2.75) is 19.9 Å². The fourth-order valence-corrected chi connectivity index (χ4v) is 5.34. The van der Waals surface area contributed by atoms with E-state index >= 15 is 4.39 Å². The number of ether oxygens (including phenoxy) is 1. The summed E-state index contributed by atoms with van der Waals surface area (Å²) in [6, 6.07) is 16.7. The number of aromatic nitrogens is 1. The number of hydrogen-bond acceptors (Lipinski definition) is 5. The molecule has 1 aliphatic heterocycles.